The van der Waals surface area contributed by atoms with E-state index in [0.29, 0.717) is 0 Å². The summed E-state index contributed by atoms with van der Waals surface area (Å²) >= 11 is 0. The van der Waals surface area contributed by atoms with E-state index in [2.05, 4.69) is 0 Å². The van der Waals surface area contributed by atoms with Crippen molar-refractivity contribution in [3.8, 4) is 0 Å². The van der Waals surface area contributed by atoms with Crippen LogP contribution < -0.4 is 0 Å². The Kier molecular flexibility index (Phi) is 2.52. The molecule has 0 atom stereocenters. The van der Waals surface area contributed by atoms with Crippen LogP contribution in [0.25, 0.3) is 10.8 Å². The molecule has 0 unspecified atom stereocenters. The number of carbonyl (C=O) groups is 1. The molecule has 98 valence electrons. The van der Waals surface area contributed by atoms with Crippen LogP contribution in [0, 0.1) is 0 Å². The lowest BCUT2D eigenvalue weighted by Gasteiger charge is -2.29. The highest BCUT2D eigenvalue weighted by Crippen LogP contribution is 2.32. The van der Waals surface area contributed by atoms with Gasteiger partial charge in [0, 0.05) is 13.1 Å². The van der Waals surface area contributed by atoms with Crippen LogP contribution in [0.15, 0.2) is 36.4 Å². The second-order valence-electron chi connectivity index (χ2n) is 4.59. The number of carbonyl (C=O) groups excluding carboxylic acids is 1. The summed E-state index contributed by atoms with van der Waals surface area (Å²) in [5.41, 5.74) is 1.52. The molecule has 19 heavy (non-hydrogen) atoms. The summed E-state index contributed by atoms with van der Waals surface area (Å²) in [6.07, 6.45) is -4.82. The minimum Gasteiger partial charge on any atom is -0.326 e. The topological polar surface area (TPSA) is 20.3 Å². The zero-order chi connectivity index (χ0) is 13.6. The van der Waals surface area contributed by atoms with E-state index in [9.17, 15) is 18.0 Å². The first-order valence-corrected chi connectivity index (χ1v) is 5.82. The van der Waals surface area contributed by atoms with E-state index in [1.807, 2.05) is 12.1 Å². The van der Waals surface area contributed by atoms with Gasteiger partial charge in [-0.1, -0.05) is 36.4 Å². The van der Waals surface area contributed by atoms with Crippen molar-refractivity contribution in [1.82, 2.24) is 4.90 Å². The van der Waals surface area contributed by atoms with Crippen molar-refractivity contribution in [2.45, 2.75) is 19.3 Å². The van der Waals surface area contributed by atoms with Gasteiger partial charge >= 0.3 is 12.1 Å². The molecular weight excluding hydrogens is 255 g/mol. The lowest BCUT2D eigenvalue weighted by Crippen LogP contribution is -2.41. The minimum atomic E-state index is -4.82. The smallest absolute Gasteiger partial charge is 0.326 e. The van der Waals surface area contributed by atoms with Gasteiger partial charge in [-0.2, -0.15) is 13.2 Å². The number of amides is 1. The van der Waals surface area contributed by atoms with Crippen molar-refractivity contribution < 1.29 is 18.0 Å². The second-order valence-corrected chi connectivity index (χ2v) is 4.59. The molecule has 0 aromatic heterocycles. The van der Waals surface area contributed by atoms with Gasteiger partial charge in [-0.15, -0.1) is 0 Å². The van der Waals surface area contributed by atoms with E-state index in [-0.39, 0.29) is 13.1 Å². The molecule has 0 aliphatic carbocycles. The van der Waals surface area contributed by atoms with Gasteiger partial charge in [0.25, 0.3) is 0 Å². The zero-order valence-electron chi connectivity index (χ0n) is 9.87. The standard InChI is InChI=1S/C14H10F3NO/c15-14(16,17)13(19)18-7-10-5-1-3-9-4-2-6-11(8-18)12(9)10/h1-6H,7-8H2. The van der Waals surface area contributed by atoms with Gasteiger partial charge in [0.2, 0.25) is 0 Å². The predicted molar refractivity (Wildman–Crippen MR) is 64.3 cm³/mol. The lowest BCUT2D eigenvalue weighted by atomic mass is 9.95. The Bertz CT molecular complexity index is 623. The molecule has 5 heteroatoms. The number of hydrogen-bond acceptors (Lipinski definition) is 1. The maximum atomic E-state index is 12.5. The average molecular weight is 265 g/mol. The molecule has 0 fully saturated rings. The summed E-state index contributed by atoms with van der Waals surface area (Å²) in [5.74, 6) is -1.78. The van der Waals surface area contributed by atoms with E-state index in [1.165, 1.54) is 0 Å². The number of halogens is 3. The van der Waals surface area contributed by atoms with Gasteiger partial charge in [0.05, 0.1) is 0 Å². The normalized spacial score (nSPS) is 14.8. The minimum absolute atomic E-state index is 0.00664. The van der Waals surface area contributed by atoms with Crippen molar-refractivity contribution in [2.75, 3.05) is 0 Å². The fourth-order valence-corrected chi connectivity index (χ4v) is 2.56. The molecule has 1 amide bonds. The van der Waals surface area contributed by atoms with Crippen LogP contribution in [-0.4, -0.2) is 17.0 Å². The number of alkyl halides is 3. The molecule has 1 heterocycles. The van der Waals surface area contributed by atoms with Crippen molar-refractivity contribution in [3.63, 3.8) is 0 Å². The van der Waals surface area contributed by atoms with Crippen LogP contribution in [0.4, 0.5) is 13.2 Å². The molecule has 1 aliphatic rings. The molecule has 3 rings (SSSR count). The number of benzene rings is 2. The summed E-state index contributed by atoms with van der Waals surface area (Å²) in [5, 5.41) is 1.96. The van der Waals surface area contributed by atoms with Crippen molar-refractivity contribution in [3.05, 3.63) is 47.5 Å². The van der Waals surface area contributed by atoms with E-state index in [1.54, 1.807) is 24.3 Å². The van der Waals surface area contributed by atoms with Gasteiger partial charge in [-0.3, -0.25) is 4.79 Å². The first kappa shape index (κ1) is 12.0. The number of hydrogen-bond donors (Lipinski definition) is 0. The summed E-state index contributed by atoms with van der Waals surface area (Å²) in [4.78, 5) is 12.2. The Morgan fingerprint density at radius 1 is 1.00 bits per heavy atom. The lowest BCUT2D eigenvalue weighted by molar-refractivity contribution is -0.186. The molecule has 0 N–H and O–H groups in total. The van der Waals surface area contributed by atoms with Gasteiger partial charge in [-0.05, 0) is 21.9 Å². The highest BCUT2D eigenvalue weighted by atomic mass is 19.4. The van der Waals surface area contributed by atoms with Crippen LogP contribution in [0.5, 0.6) is 0 Å². The van der Waals surface area contributed by atoms with Crippen molar-refractivity contribution in [1.29, 1.82) is 0 Å². The summed E-state index contributed by atoms with van der Waals surface area (Å²) in [7, 11) is 0. The summed E-state index contributed by atoms with van der Waals surface area (Å²) in [6, 6.07) is 11.0. The van der Waals surface area contributed by atoms with Crippen molar-refractivity contribution >= 4 is 16.7 Å². The first-order chi connectivity index (χ1) is 8.97. The quantitative estimate of drug-likeness (QED) is 0.716. The average Bonchev–Trinajstić information content (AvgIpc) is 2.37. The van der Waals surface area contributed by atoms with Crippen LogP contribution in [0.3, 0.4) is 0 Å². The third-order valence-electron chi connectivity index (χ3n) is 3.33. The Morgan fingerprint density at radius 3 is 2.00 bits per heavy atom. The zero-order valence-corrected chi connectivity index (χ0v) is 9.87. The SMILES string of the molecule is O=C(N1Cc2cccc3cccc(c23)C1)C(F)(F)F. The molecule has 0 radical (unpaired) electrons. The summed E-state index contributed by atoms with van der Waals surface area (Å²) in [6.45, 7) is 0.0133. The predicted octanol–water partition coefficient (Wildman–Crippen LogP) is 3.24. The Morgan fingerprint density at radius 2 is 1.53 bits per heavy atom. The fourth-order valence-electron chi connectivity index (χ4n) is 2.56. The monoisotopic (exact) mass is 265 g/mol. The van der Waals surface area contributed by atoms with Crippen LogP contribution in [-0.2, 0) is 17.9 Å². The van der Waals surface area contributed by atoms with E-state index in [4.69, 9.17) is 0 Å². The molecular formula is C14H10F3NO. The van der Waals surface area contributed by atoms with Gasteiger partial charge in [0.15, 0.2) is 0 Å². The Balaban J connectivity index is 2.06. The third-order valence-corrected chi connectivity index (χ3v) is 3.33. The van der Waals surface area contributed by atoms with Crippen LogP contribution in [0.1, 0.15) is 11.1 Å². The van der Waals surface area contributed by atoms with E-state index in [0.717, 1.165) is 26.8 Å². The molecule has 2 nitrogen and oxygen atoms in total. The Hall–Kier alpha value is -2.04. The molecule has 0 bridgehead atoms. The maximum Gasteiger partial charge on any atom is 0.471 e. The van der Waals surface area contributed by atoms with Crippen LogP contribution >= 0.6 is 0 Å². The summed E-state index contributed by atoms with van der Waals surface area (Å²) < 4.78 is 37.5. The van der Waals surface area contributed by atoms with E-state index < -0.39 is 12.1 Å². The second kappa shape index (κ2) is 3.98. The first-order valence-electron chi connectivity index (χ1n) is 5.82. The third kappa shape index (κ3) is 1.95. The molecule has 0 spiro atoms. The van der Waals surface area contributed by atoms with Gasteiger partial charge in [0.1, 0.15) is 0 Å². The van der Waals surface area contributed by atoms with Gasteiger partial charge in [-0.25, -0.2) is 0 Å². The molecule has 2 aromatic rings. The highest BCUT2D eigenvalue weighted by molar-refractivity contribution is 5.91. The number of rotatable bonds is 0. The van der Waals surface area contributed by atoms with Crippen LogP contribution in [0.2, 0.25) is 0 Å². The molecule has 0 saturated carbocycles. The fraction of sp³-hybridized carbons (Fsp3) is 0.214. The Labute approximate surface area is 107 Å². The van der Waals surface area contributed by atoms with Crippen molar-refractivity contribution in [2.24, 2.45) is 0 Å². The maximum absolute atomic E-state index is 12.5. The molecule has 2 aromatic carbocycles. The largest absolute Gasteiger partial charge is 0.471 e. The molecule has 0 saturated heterocycles. The molecule has 1 aliphatic heterocycles. The highest BCUT2D eigenvalue weighted by Gasteiger charge is 2.43. The van der Waals surface area contributed by atoms with E-state index >= 15 is 0 Å². The number of nitrogens with zero attached hydrogens (tertiary/aromatic N) is 1. The van der Waals surface area contributed by atoms with Gasteiger partial charge < -0.3 is 4.90 Å².